The van der Waals surface area contributed by atoms with Crippen molar-refractivity contribution in [1.29, 1.82) is 0 Å². The second-order valence-corrected chi connectivity index (χ2v) is 5.65. The van der Waals surface area contributed by atoms with Crippen molar-refractivity contribution in [2.75, 3.05) is 0 Å². The Bertz CT molecular complexity index is 455. The molecule has 0 aromatic heterocycles. The lowest BCUT2D eigenvalue weighted by Crippen LogP contribution is -2.43. The van der Waals surface area contributed by atoms with Crippen LogP contribution in [0.15, 0.2) is 24.3 Å². The number of aliphatic hydroxyl groups is 1. The van der Waals surface area contributed by atoms with Crippen LogP contribution in [0.2, 0.25) is 5.02 Å². The maximum Gasteiger partial charge on any atom is 0.249 e. The lowest BCUT2D eigenvalue weighted by Gasteiger charge is -2.22. The van der Waals surface area contributed by atoms with Gasteiger partial charge in [-0.3, -0.25) is 4.79 Å². The summed E-state index contributed by atoms with van der Waals surface area (Å²) in [6.45, 7) is 3.64. The first-order valence-corrected chi connectivity index (χ1v) is 6.59. The van der Waals surface area contributed by atoms with Crippen LogP contribution in [0, 0.1) is 5.92 Å². The van der Waals surface area contributed by atoms with Crippen molar-refractivity contribution in [1.82, 2.24) is 5.32 Å². The van der Waals surface area contributed by atoms with Gasteiger partial charge in [-0.15, -0.1) is 0 Å². The summed E-state index contributed by atoms with van der Waals surface area (Å²) in [4.78, 5) is 11.9. The van der Waals surface area contributed by atoms with E-state index < -0.39 is 6.10 Å². The van der Waals surface area contributed by atoms with Gasteiger partial charge in [0.25, 0.3) is 0 Å². The van der Waals surface area contributed by atoms with Crippen LogP contribution in [0.4, 0.5) is 0 Å². The van der Waals surface area contributed by atoms with Crippen molar-refractivity contribution in [2.24, 2.45) is 5.92 Å². The van der Waals surface area contributed by atoms with Gasteiger partial charge in [-0.25, -0.2) is 0 Å². The van der Waals surface area contributed by atoms with Gasteiger partial charge in [0.1, 0.15) is 6.10 Å². The molecular weight excluding hydrogens is 250 g/mol. The van der Waals surface area contributed by atoms with E-state index in [9.17, 15) is 9.90 Å². The Kier molecular flexibility index (Phi) is 3.64. The van der Waals surface area contributed by atoms with Gasteiger partial charge in [-0.05, 0) is 30.4 Å². The number of aliphatic hydroxyl groups excluding tert-OH is 1. The molecule has 98 valence electrons. The minimum absolute atomic E-state index is 0.0907. The quantitative estimate of drug-likeness (QED) is 0.880. The lowest BCUT2D eigenvalue weighted by atomic mass is 10.0. The Balaban J connectivity index is 2.14. The first-order valence-electron chi connectivity index (χ1n) is 6.21. The normalized spacial score (nSPS) is 18.5. The summed E-state index contributed by atoms with van der Waals surface area (Å²) >= 11 is 6.16. The van der Waals surface area contributed by atoms with Gasteiger partial charge in [-0.1, -0.05) is 43.6 Å². The zero-order valence-electron chi connectivity index (χ0n) is 10.6. The molecule has 1 fully saturated rings. The van der Waals surface area contributed by atoms with Crippen molar-refractivity contribution >= 4 is 17.5 Å². The monoisotopic (exact) mass is 267 g/mol. The van der Waals surface area contributed by atoms with E-state index in [2.05, 4.69) is 5.32 Å². The van der Waals surface area contributed by atoms with E-state index in [1.807, 2.05) is 38.1 Å². The van der Waals surface area contributed by atoms with Crippen LogP contribution in [-0.4, -0.2) is 17.1 Å². The molecule has 1 aromatic rings. The number of benzene rings is 1. The molecule has 1 aliphatic rings. The molecule has 1 amide bonds. The van der Waals surface area contributed by atoms with Gasteiger partial charge in [-0.2, -0.15) is 0 Å². The van der Waals surface area contributed by atoms with Gasteiger partial charge in [0, 0.05) is 5.02 Å². The highest BCUT2D eigenvalue weighted by atomic mass is 35.5. The van der Waals surface area contributed by atoms with Crippen LogP contribution in [0.5, 0.6) is 0 Å². The van der Waals surface area contributed by atoms with Crippen molar-refractivity contribution in [3.63, 3.8) is 0 Å². The predicted molar refractivity (Wildman–Crippen MR) is 71.4 cm³/mol. The zero-order valence-corrected chi connectivity index (χ0v) is 11.4. The topological polar surface area (TPSA) is 49.3 Å². The fraction of sp³-hybridized carbons (Fsp3) is 0.500. The van der Waals surface area contributed by atoms with Gasteiger partial charge >= 0.3 is 0 Å². The molecule has 1 aliphatic carbocycles. The average molecular weight is 268 g/mol. The summed E-state index contributed by atoms with van der Waals surface area (Å²) < 4.78 is 0. The summed E-state index contributed by atoms with van der Waals surface area (Å²) in [5.41, 5.74) is 0.571. The average Bonchev–Trinajstić information content (AvgIpc) is 3.09. The highest BCUT2D eigenvalue weighted by Gasteiger charge is 2.47. The molecule has 0 aliphatic heterocycles. The van der Waals surface area contributed by atoms with Crippen LogP contribution in [0.25, 0.3) is 0 Å². The summed E-state index contributed by atoms with van der Waals surface area (Å²) in [5.74, 6) is -0.408. The highest BCUT2D eigenvalue weighted by Crippen LogP contribution is 2.48. The fourth-order valence-corrected chi connectivity index (χ4v) is 2.37. The van der Waals surface area contributed by atoms with Crippen LogP contribution >= 0.6 is 11.6 Å². The number of hydrogen-bond donors (Lipinski definition) is 2. The molecule has 0 heterocycles. The second-order valence-electron chi connectivity index (χ2n) is 5.24. The number of nitrogens with one attached hydrogen (secondary N) is 1. The Hall–Kier alpha value is -1.06. The van der Waals surface area contributed by atoms with Crippen LogP contribution < -0.4 is 5.32 Å². The summed E-state index contributed by atoms with van der Waals surface area (Å²) in [5, 5.41) is 13.4. The molecule has 0 radical (unpaired) electrons. The molecule has 1 atom stereocenters. The Morgan fingerprint density at radius 1 is 1.39 bits per heavy atom. The molecule has 1 saturated carbocycles. The fourth-order valence-electron chi connectivity index (χ4n) is 2.05. The minimum Gasteiger partial charge on any atom is -0.383 e. The molecule has 1 aromatic carbocycles. The van der Waals surface area contributed by atoms with E-state index in [1.54, 1.807) is 0 Å². The van der Waals surface area contributed by atoms with Crippen molar-refractivity contribution in [3.8, 4) is 0 Å². The lowest BCUT2D eigenvalue weighted by molar-refractivity contribution is -0.132. The first-order chi connectivity index (χ1) is 8.46. The van der Waals surface area contributed by atoms with E-state index in [0.29, 0.717) is 5.02 Å². The Morgan fingerprint density at radius 3 is 2.50 bits per heavy atom. The van der Waals surface area contributed by atoms with Gasteiger partial charge in [0.05, 0.1) is 5.54 Å². The largest absolute Gasteiger partial charge is 0.383 e. The first kappa shape index (κ1) is 13.4. The van der Waals surface area contributed by atoms with E-state index in [0.717, 1.165) is 18.4 Å². The number of amides is 1. The van der Waals surface area contributed by atoms with Gasteiger partial charge in [0.15, 0.2) is 0 Å². The van der Waals surface area contributed by atoms with E-state index in [1.165, 1.54) is 0 Å². The van der Waals surface area contributed by atoms with E-state index >= 15 is 0 Å². The number of carbonyl (C=O) groups is 1. The van der Waals surface area contributed by atoms with E-state index in [4.69, 9.17) is 11.6 Å². The molecular formula is C14H18ClNO2. The minimum atomic E-state index is -0.968. The third kappa shape index (κ3) is 2.52. The molecule has 3 nitrogen and oxygen atoms in total. The van der Waals surface area contributed by atoms with Crippen LogP contribution in [-0.2, 0) is 10.3 Å². The smallest absolute Gasteiger partial charge is 0.249 e. The van der Waals surface area contributed by atoms with Gasteiger partial charge < -0.3 is 10.4 Å². The van der Waals surface area contributed by atoms with Gasteiger partial charge in [0.2, 0.25) is 5.91 Å². The molecule has 2 rings (SSSR count). The summed E-state index contributed by atoms with van der Waals surface area (Å²) in [6, 6.07) is 7.53. The standard InChI is InChI=1S/C14H18ClNO2/c1-9(2)12(17)13(18)16-14(7-8-14)10-5-3-4-6-11(10)15/h3-6,9,12,17H,7-8H2,1-2H3,(H,16,18)/t12-/m1/s1. The molecule has 18 heavy (non-hydrogen) atoms. The zero-order chi connectivity index (χ0) is 13.3. The molecule has 0 spiro atoms. The third-order valence-corrected chi connectivity index (χ3v) is 3.73. The van der Waals surface area contributed by atoms with Crippen molar-refractivity contribution in [3.05, 3.63) is 34.9 Å². The summed E-state index contributed by atoms with van der Waals surface area (Å²) in [6.07, 6.45) is 0.769. The SMILES string of the molecule is CC(C)[C@@H](O)C(=O)NC1(c2ccccc2Cl)CC1. The Morgan fingerprint density at radius 2 is 2.00 bits per heavy atom. The summed E-state index contributed by atoms with van der Waals surface area (Å²) in [7, 11) is 0. The number of carbonyl (C=O) groups excluding carboxylic acids is 1. The third-order valence-electron chi connectivity index (χ3n) is 3.40. The molecule has 2 N–H and O–H groups in total. The maximum atomic E-state index is 11.9. The van der Waals surface area contributed by atoms with Crippen molar-refractivity contribution < 1.29 is 9.90 Å². The molecule has 0 unspecified atom stereocenters. The highest BCUT2D eigenvalue weighted by molar-refractivity contribution is 6.31. The maximum absolute atomic E-state index is 11.9. The molecule has 4 heteroatoms. The second kappa shape index (κ2) is 4.90. The molecule has 0 saturated heterocycles. The molecule has 0 bridgehead atoms. The predicted octanol–water partition coefficient (Wildman–Crippen LogP) is 2.46. The number of halogens is 1. The Labute approximate surface area is 112 Å². The van der Waals surface area contributed by atoms with E-state index in [-0.39, 0.29) is 17.4 Å². The van der Waals surface area contributed by atoms with Crippen LogP contribution in [0.3, 0.4) is 0 Å². The van der Waals surface area contributed by atoms with Crippen molar-refractivity contribution in [2.45, 2.75) is 38.3 Å². The number of rotatable bonds is 4. The van der Waals surface area contributed by atoms with Crippen LogP contribution in [0.1, 0.15) is 32.3 Å². The number of hydrogen-bond acceptors (Lipinski definition) is 2.